The molecule has 0 radical (unpaired) electrons. The van der Waals surface area contributed by atoms with E-state index in [9.17, 15) is 9.59 Å². The predicted octanol–water partition coefficient (Wildman–Crippen LogP) is 2.23. The van der Waals surface area contributed by atoms with Crippen LogP contribution >= 0.6 is 0 Å². The average molecular weight is 323 g/mol. The molecule has 2 amide bonds. The van der Waals surface area contributed by atoms with Gasteiger partial charge in [-0.2, -0.15) is 0 Å². The summed E-state index contributed by atoms with van der Waals surface area (Å²) in [4.78, 5) is 30.5. The van der Waals surface area contributed by atoms with E-state index in [0.29, 0.717) is 6.54 Å². The van der Waals surface area contributed by atoms with Crippen molar-refractivity contribution >= 4 is 11.8 Å². The summed E-state index contributed by atoms with van der Waals surface area (Å²) in [6.07, 6.45) is 3.67. The molecule has 2 aromatic rings. The number of nitrogens with zero attached hydrogens (tertiary/aromatic N) is 2. The SMILES string of the molecule is Cc1ccc([C@H]2[C@H](C(=O)NCc3cccnc3)CC(=O)N2C)cc1. The molecule has 5 nitrogen and oxygen atoms in total. The second-order valence-corrected chi connectivity index (χ2v) is 6.25. The van der Waals surface area contributed by atoms with Crippen LogP contribution < -0.4 is 5.32 Å². The number of rotatable bonds is 4. The van der Waals surface area contributed by atoms with Crippen molar-refractivity contribution in [3.8, 4) is 0 Å². The molecule has 124 valence electrons. The van der Waals surface area contributed by atoms with Crippen LogP contribution in [0.15, 0.2) is 48.8 Å². The Hall–Kier alpha value is -2.69. The van der Waals surface area contributed by atoms with E-state index in [1.165, 1.54) is 0 Å². The molecule has 1 aromatic carbocycles. The lowest BCUT2D eigenvalue weighted by Gasteiger charge is -2.25. The van der Waals surface area contributed by atoms with E-state index in [1.807, 2.05) is 43.3 Å². The van der Waals surface area contributed by atoms with E-state index in [0.717, 1.165) is 16.7 Å². The first-order valence-corrected chi connectivity index (χ1v) is 8.05. The maximum atomic E-state index is 12.7. The van der Waals surface area contributed by atoms with Crippen LogP contribution in [-0.2, 0) is 16.1 Å². The molecule has 1 aliphatic rings. The lowest BCUT2D eigenvalue weighted by molar-refractivity contribution is -0.128. The first-order chi connectivity index (χ1) is 11.6. The summed E-state index contributed by atoms with van der Waals surface area (Å²) >= 11 is 0. The lowest BCUT2D eigenvalue weighted by Crippen LogP contribution is -2.34. The van der Waals surface area contributed by atoms with Gasteiger partial charge in [-0.05, 0) is 24.1 Å². The maximum absolute atomic E-state index is 12.7. The number of likely N-dealkylation sites (tertiary alicyclic amines) is 1. The number of nitrogens with one attached hydrogen (secondary N) is 1. The Kier molecular flexibility index (Phi) is 4.60. The molecule has 0 unspecified atom stereocenters. The highest BCUT2D eigenvalue weighted by atomic mass is 16.2. The largest absolute Gasteiger partial charge is 0.352 e. The highest BCUT2D eigenvalue weighted by Gasteiger charge is 2.42. The number of carbonyl (C=O) groups excluding carboxylic acids is 2. The van der Waals surface area contributed by atoms with E-state index in [1.54, 1.807) is 24.3 Å². The van der Waals surface area contributed by atoms with Gasteiger partial charge < -0.3 is 10.2 Å². The number of hydrogen-bond donors (Lipinski definition) is 1. The van der Waals surface area contributed by atoms with Gasteiger partial charge in [0.1, 0.15) is 0 Å². The van der Waals surface area contributed by atoms with Gasteiger partial charge in [0.15, 0.2) is 0 Å². The van der Waals surface area contributed by atoms with Crippen LogP contribution in [0.4, 0.5) is 0 Å². The summed E-state index contributed by atoms with van der Waals surface area (Å²) in [7, 11) is 1.77. The standard InChI is InChI=1S/C19H21N3O2/c1-13-5-7-15(8-6-13)18-16(10-17(23)22(18)2)19(24)21-12-14-4-3-9-20-11-14/h3-9,11,16,18H,10,12H2,1-2H3,(H,21,24)/t16-,18+/m1/s1. The maximum Gasteiger partial charge on any atom is 0.226 e. The van der Waals surface area contributed by atoms with Crippen LogP contribution in [0.1, 0.15) is 29.2 Å². The zero-order valence-electron chi connectivity index (χ0n) is 13.9. The molecule has 24 heavy (non-hydrogen) atoms. The summed E-state index contributed by atoms with van der Waals surface area (Å²) in [5, 5.41) is 2.94. The molecular weight excluding hydrogens is 302 g/mol. The number of amides is 2. The van der Waals surface area contributed by atoms with Crippen molar-refractivity contribution in [2.24, 2.45) is 5.92 Å². The van der Waals surface area contributed by atoms with Gasteiger partial charge in [-0.1, -0.05) is 35.9 Å². The molecule has 0 aliphatic carbocycles. The Bertz CT molecular complexity index is 728. The topological polar surface area (TPSA) is 62.3 Å². The molecule has 1 N–H and O–H groups in total. The fourth-order valence-corrected chi connectivity index (χ4v) is 3.15. The van der Waals surface area contributed by atoms with Gasteiger partial charge in [-0.3, -0.25) is 14.6 Å². The third-order valence-corrected chi connectivity index (χ3v) is 4.53. The van der Waals surface area contributed by atoms with Gasteiger partial charge >= 0.3 is 0 Å². The molecule has 1 saturated heterocycles. The molecule has 2 heterocycles. The number of aryl methyl sites for hydroxylation is 1. The minimum atomic E-state index is -0.373. The molecule has 0 spiro atoms. The van der Waals surface area contributed by atoms with Crippen molar-refractivity contribution in [3.63, 3.8) is 0 Å². The van der Waals surface area contributed by atoms with E-state index < -0.39 is 0 Å². The van der Waals surface area contributed by atoms with Crippen molar-refractivity contribution < 1.29 is 9.59 Å². The monoisotopic (exact) mass is 323 g/mol. The van der Waals surface area contributed by atoms with Crippen LogP contribution in [0.5, 0.6) is 0 Å². The minimum absolute atomic E-state index is 0.00195. The molecule has 5 heteroatoms. The Morgan fingerprint density at radius 1 is 1.29 bits per heavy atom. The molecule has 1 fully saturated rings. The number of pyridine rings is 1. The van der Waals surface area contributed by atoms with E-state index >= 15 is 0 Å². The van der Waals surface area contributed by atoms with Gasteiger partial charge in [0, 0.05) is 32.4 Å². The molecule has 0 saturated carbocycles. The van der Waals surface area contributed by atoms with Gasteiger partial charge in [0.25, 0.3) is 0 Å². The normalized spacial score (nSPS) is 20.2. The third kappa shape index (κ3) is 3.30. The highest BCUT2D eigenvalue weighted by Crippen LogP contribution is 2.37. The van der Waals surface area contributed by atoms with Crippen molar-refractivity contribution in [1.82, 2.24) is 15.2 Å². The quantitative estimate of drug-likeness (QED) is 0.938. The predicted molar refractivity (Wildman–Crippen MR) is 90.9 cm³/mol. The fourth-order valence-electron chi connectivity index (χ4n) is 3.15. The zero-order chi connectivity index (χ0) is 17.1. The number of hydrogen-bond acceptors (Lipinski definition) is 3. The number of carbonyl (C=O) groups is 2. The Morgan fingerprint density at radius 2 is 2.04 bits per heavy atom. The van der Waals surface area contributed by atoms with Gasteiger partial charge in [0.2, 0.25) is 11.8 Å². The smallest absolute Gasteiger partial charge is 0.226 e. The summed E-state index contributed by atoms with van der Waals surface area (Å²) < 4.78 is 0. The van der Waals surface area contributed by atoms with Crippen LogP contribution in [0.3, 0.4) is 0 Å². The first-order valence-electron chi connectivity index (χ1n) is 8.05. The molecule has 2 atom stereocenters. The van der Waals surface area contributed by atoms with E-state index in [2.05, 4.69) is 10.3 Å². The van der Waals surface area contributed by atoms with E-state index in [4.69, 9.17) is 0 Å². The summed E-state index contributed by atoms with van der Waals surface area (Å²) in [6, 6.07) is 11.5. The van der Waals surface area contributed by atoms with Crippen LogP contribution in [-0.4, -0.2) is 28.7 Å². The molecule has 3 rings (SSSR count). The Balaban J connectivity index is 1.75. The molecule has 1 aromatic heterocycles. The summed E-state index contributed by atoms with van der Waals surface area (Å²) in [5.41, 5.74) is 3.09. The molecular formula is C19H21N3O2. The summed E-state index contributed by atoms with van der Waals surface area (Å²) in [6.45, 7) is 2.44. The van der Waals surface area contributed by atoms with E-state index in [-0.39, 0.29) is 30.2 Å². The second-order valence-electron chi connectivity index (χ2n) is 6.25. The third-order valence-electron chi connectivity index (χ3n) is 4.53. The van der Waals surface area contributed by atoms with Gasteiger partial charge in [-0.15, -0.1) is 0 Å². The van der Waals surface area contributed by atoms with Crippen molar-refractivity contribution in [2.75, 3.05) is 7.05 Å². The van der Waals surface area contributed by atoms with Crippen molar-refractivity contribution in [2.45, 2.75) is 25.9 Å². The molecule has 0 bridgehead atoms. The Morgan fingerprint density at radius 3 is 2.71 bits per heavy atom. The van der Waals surface area contributed by atoms with Gasteiger partial charge in [0.05, 0.1) is 12.0 Å². The minimum Gasteiger partial charge on any atom is -0.352 e. The first kappa shape index (κ1) is 16.2. The molecule has 1 aliphatic heterocycles. The van der Waals surface area contributed by atoms with Crippen molar-refractivity contribution in [3.05, 3.63) is 65.5 Å². The fraction of sp³-hybridized carbons (Fsp3) is 0.316. The van der Waals surface area contributed by atoms with Crippen LogP contribution in [0.2, 0.25) is 0 Å². The number of benzene rings is 1. The average Bonchev–Trinajstić information content (AvgIpc) is 2.90. The summed E-state index contributed by atoms with van der Waals surface area (Å²) in [5.74, 6) is -0.467. The lowest BCUT2D eigenvalue weighted by atomic mass is 9.92. The van der Waals surface area contributed by atoms with Crippen molar-refractivity contribution in [1.29, 1.82) is 0 Å². The van der Waals surface area contributed by atoms with Gasteiger partial charge in [-0.25, -0.2) is 0 Å². The van der Waals surface area contributed by atoms with Crippen LogP contribution in [0.25, 0.3) is 0 Å². The second kappa shape index (κ2) is 6.83. The Labute approximate surface area is 141 Å². The highest BCUT2D eigenvalue weighted by molar-refractivity contribution is 5.90. The van der Waals surface area contributed by atoms with Crippen LogP contribution in [0, 0.1) is 12.8 Å². The zero-order valence-corrected chi connectivity index (χ0v) is 13.9. The number of aromatic nitrogens is 1.